The summed E-state index contributed by atoms with van der Waals surface area (Å²) in [4.78, 5) is 4.52. The zero-order chi connectivity index (χ0) is 17.9. The number of nitrogens with zero attached hydrogens (tertiary/aromatic N) is 1. The van der Waals surface area contributed by atoms with Gasteiger partial charge in [-0.15, -0.1) is 0 Å². The smallest absolute Gasteiger partial charge is 0.191 e. The van der Waals surface area contributed by atoms with Gasteiger partial charge in [0.2, 0.25) is 0 Å². The van der Waals surface area contributed by atoms with Crippen LogP contribution in [0.3, 0.4) is 0 Å². The van der Waals surface area contributed by atoms with Crippen LogP contribution in [0.5, 0.6) is 0 Å². The maximum absolute atomic E-state index is 13.4. The monoisotopic (exact) mass is 343 g/mol. The number of aliphatic hydroxyl groups excluding tert-OH is 1. The minimum Gasteiger partial charge on any atom is -0.392 e. The summed E-state index contributed by atoms with van der Waals surface area (Å²) >= 11 is 0. The summed E-state index contributed by atoms with van der Waals surface area (Å²) in [5, 5.41) is 15.7. The molecular formula is C20H26FN3O. The number of hydrogen-bond donors (Lipinski definition) is 3. The Morgan fingerprint density at radius 1 is 1.08 bits per heavy atom. The molecule has 0 aliphatic rings. The van der Waals surface area contributed by atoms with Crippen LogP contribution in [0.15, 0.2) is 53.5 Å². The molecule has 0 atom stereocenters. The van der Waals surface area contributed by atoms with Crippen LogP contribution in [0, 0.1) is 5.82 Å². The van der Waals surface area contributed by atoms with Crippen LogP contribution in [0.25, 0.3) is 0 Å². The van der Waals surface area contributed by atoms with Crippen LogP contribution >= 0.6 is 0 Å². The van der Waals surface area contributed by atoms with Crippen LogP contribution in [-0.4, -0.2) is 24.2 Å². The zero-order valence-electron chi connectivity index (χ0n) is 14.6. The van der Waals surface area contributed by atoms with Gasteiger partial charge < -0.3 is 15.7 Å². The minimum atomic E-state index is -0.388. The fourth-order valence-electron chi connectivity index (χ4n) is 2.50. The maximum Gasteiger partial charge on any atom is 0.191 e. The number of benzene rings is 2. The first-order valence-corrected chi connectivity index (χ1v) is 8.67. The number of aliphatic imine (C=N–C) groups is 1. The van der Waals surface area contributed by atoms with Crippen molar-refractivity contribution in [1.29, 1.82) is 0 Å². The Kier molecular flexibility index (Phi) is 7.92. The molecule has 2 aromatic rings. The van der Waals surface area contributed by atoms with Gasteiger partial charge in [0.1, 0.15) is 5.82 Å². The Hall–Kier alpha value is -2.40. The van der Waals surface area contributed by atoms with E-state index in [9.17, 15) is 4.39 Å². The SMILES string of the molecule is CCNC(=NCc1ccc(F)c(CO)c1)NCCCc1ccccc1. The van der Waals surface area contributed by atoms with Gasteiger partial charge in [-0.05, 0) is 43.0 Å². The van der Waals surface area contributed by atoms with Gasteiger partial charge in [-0.3, -0.25) is 0 Å². The van der Waals surface area contributed by atoms with Crippen LogP contribution in [0.1, 0.15) is 30.0 Å². The first-order chi connectivity index (χ1) is 12.2. The largest absolute Gasteiger partial charge is 0.392 e. The Balaban J connectivity index is 1.85. The number of hydrogen-bond acceptors (Lipinski definition) is 2. The number of nitrogens with one attached hydrogen (secondary N) is 2. The zero-order valence-corrected chi connectivity index (χ0v) is 14.6. The van der Waals surface area contributed by atoms with E-state index in [0.29, 0.717) is 12.1 Å². The number of guanidine groups is 1. The highest BCUT2D eigenvalue weighted by Crippen LogP contribution is 2.11. The first-order valence-electron chi connectivity index (χ1n) is 8.67. The van der Waals surface area contributed by atoms with E-state index in [0.717, 1.165) is 37.5 Å². The molecule has 0 heterocycles. The molecule has 5 heteroatoms. The van der Waals surface area contributed by atoms with Crippen molar-refractivity contribution in [1.82, 2.24) is 10.6 Å². The second-order valence-corrected chi connectivity index (χ2v) is 5.79. The van der Waals surface area contributed by atoms with Crippen LogP contribution in [0.4, 0.5) is 4.39 Å². The van der Waals surface area contributed by atoms with Crippen molar-refractivity contribution < 1.29 is 9.50 Å². The number of halogens is 1. The van der Waals surface area contributed by atoms with E-state index in [1.165, 1.54) is 11.6 Å². The Morgan fingerprint density at radius 3 is 2.60 bits per heavy atom. The average molecular weight is 343 g/mol. The quantitative estimate of drug-likeness (QED) is 0.392. The molecular weight excluding hydrogens is 317 g/mol. The number of aryl methyl sites for hydroxylation is 1. The third-order valence-electron chi connectivity index (χ3n) is 3.82. The van der Waals surface area contributed by atoms with Crippen LogP contribution in [0.2, 0.25) is 0 Å². The third-order valence-corrected chi connectivity index (χ3v) is 3.82. The Morgan fingerprint density at radius 2 is 1.88 bits per heavy atom. The van der Waals surface area contributed by atoms with E-state index >= 15 is 0 Å². The molecule has 2 aromatic carbocycles. The lowest BCUT2D eigenvalue weighted by Crippen LogP contribution is -2.37. The molecule has 0 aliphatic carbocycles. The lowest BCUT2D eigenvalue weighted by Gasteiger charge is -2.11. The molecule has 0 bridgehead atoms. The summed E-state index contributed by atoms with van der Waals surface area (Å²) in [5.74, 6) is 0.353. The van der Waals surface area contributed by atoms with Gasteiger partial charge in [-0.2, -0.15) is 0 Å². The van der Waals surface area contributed by atoms with Crippen LogP contribution in [-0.2, 0) is 19.6 Å². The molecule has 25 heavy (non-hydrogen) atoms. The van der Waals surface area contributed by atoms with Gasteiger partial charge in [0.05, 0.1) is 13.2 Å². The predicted octanol–water partition coefficient (Wildman–Crippen LogP) is 3.01. The van der Waals surface area contributed by atoms with Gasteiger partial charge in [-0.1, -0.05) is 36.4 Å². The summed E-state index contributed by atoms with van der Waals surface area (Å²) in [6.07, 6.45) is 2.03. The van der Waals surface area contributed by atoms with E-state index in [1.807, 2.05) is 13.0 Å². The molecule has 0 radical (unpaired) electrons. The molecule has 0 fully saturated rings. The van der Waals surface area contributed by atoms with Gasteiger partial charge in [0, 0.05) is 18.7 Å². The van der Waals surface area contributed by atoms with E-state index in [4.69, 9.17) is 5.11 Å². The molecule has 0 unspecified atom stereocenters. The Labute approximate surface area is 148 Å². The van der Waals surface area contributed by atoms with E-state index in [2.05, 4.69) is 39.9 Å². The highest BCUT2D eigenvalue weighted by atomic mass is 19.1. The average Bonchev–Trinajstić information content (AvgIpc) is 2.65. The van der Waals surface area contributed by atoms with E-state index < -0.39 is 0 Å². The Bertz CT molecular complexity index is 674. The molecule has 0 saturated carbocycles. The molecule has 4 nitrogen and oxygen atoms in total. The molecule has 0 amide bonds. The van der Waals surface area contributed by atoms with Crippen molar-refractivity contribution in [2.24, 2.45) is 4.99 Å². The molecule has 134 valence electrons. The number of rotatable bonds is 8. The van der Waals surface area contributed by atoms with E-state index in [-0.39, 0.29) is 12.4 Å². The van der Waals surface area contributed by atoms with E-state index in [1.54, 1.807) is 12.1 Å². The topological polar surface area (TPSA) is 56.7 Å². The van der Waals surface area contributed by atoms with Crippen molar-refractivity contribution in [3.05, 3.63) is 71.0 Å². The van der Waals surface area contributed by atoms with Crippen molar-refractivity contribution >= 4 is 5.96 Å². The van der Waals surface area contributed by atoms with Crippen molar-refractivity contribution in [2.45, 2.75) is 32.9 Å². The summed E-state index contributed by atoms with van der Waals surface area (Å²) in [6.45, 7) is 3.74. The second-order valence-electron chi connectivity index (χ2n) is 5.79. The lowest BCUT2D eigenvalue weighted by molar-refractivity contribution is 0.275. The normalized spacial score (nSPS) is 11.4. The molecule has 2 rings (SSSR count). The van der Waals surface area contributed by atoms with Gasteiger partial charge in [0.15, 0.2) is 5.96 Å². The summed E-state index contributed by atoms with van der Waals surface area (Å²) in [6, 6.07) is 15.1. The fraction of sp³-hybridized carbons (Fsp3) is 0.350. The second kappa shape index (κ2) is 10.5. The van der Waals surface area contributed by atoms with Gasteiger partial charge in [0.25, 0.3) is 0 Å². The third kappa shape index (κ3) is 6.55. The minimum absolute atomic E-state index is 0.300. The van der Waals surface area contributed by atoms with Crippen molar-refractivity contribution in [2.75, 3.05) is 13.1 Å². The fourth-order valence-corrected chi connectivity index (χ4v) is 2.50. The van der Waals surface area contributed by atoms with Gasteiger partial charge in [-0.25, -0.2) is 9.38 Å². The standard InChI is InChI=1S/C20H26FN3O/c1-2-22-20(23-12-6-9-16-7-4-3-5-8-16)24-14-17-10-11-19(21)18(13-17)15-25/h3-5,7-8,10-11,13,25H,2,6,9,12,14-15H2,1H3,(H2,22,23,24). The summed E-state index contributed by atoms with van der Waals surface area (Å²) in [5.41, 5.74) is 2.49. The first kappa shape index (κ1) is 18.9. The molecule has 0 saturated heterocycles. The van der Waals surface area contributed by atoms with Gasteiger partial charge >= 0.3 is 0 Å². The van der Waals surface area contributed by atoms with Crippen molar-refractivity contribution in [3.63, 3.8) is 0 Å². The summed E-state index contributed by atoms with van der Waals surface area (Å²) in [7, 11) is 0. The molecule has 0 aromatic heterocycles. The summed E-state index contributed by atoms with van der Waals surface area (Å²) < 4.78 is 13.4. The highest BCUT2D eigenvalue weighted by Gasteiger charge is 2.03. The lowest BCUT2D eigenvalue weighted by atomic mass is 10.1. The molecule has 0 aliphatic heterocycles. The maximum atomic E-state index is 13.4. The molecule has 3 N–H and O–H groups in total. The van der Waals surface area contributed by atoms with Crippen LogP contribution < -0.4 is 10.6 Å². The van der Waals surface area contributed by atoms with Crippen molar-refractivity contribution in [3.8, 4) is 0 Å². The predicted molar refractivity (Wildman–Crippen MR) is 99.9 cm³/mol. The highest BCUT2D eigenvalue weighted by molar-refractivity contribution is 5.79. The molecule has 0 spiro atoms. The number of aliphatic hydroxyl groups is 1.